The molecule has 5 heteroatoms. The van der Waals surface area contributed by atoms with Crippen LogP contribution in [-0.4, -0.2) is 44.4 Å². The van der Waals surface area contributed by atoms with Crippen molar-refractivity contribution in [1.82, 2.24) is 4.90 Å². The zero-order valence-electron chi connectivity index (χ0n) is 10.6. The number of hydrogen-bond acceptors (Lipinski definition) is 4. The molecule has 1 heterocycles. The maximum absolute atomic E-state index is 12.0. The normalized spacial score (nSPS) is 15.2. The van der Waals surface area contributed by atoms with Gasteiger partial charge >= 0.3 is 0 Å². The Morgan fingerprint density at radius 3 is 2.33 bits per heavy atom. The standard InChI is InChI=1S/C13H15NO4/c1-14-5-4-8-6-10(17-2)11(18-3)7-9(8)12(15)13(14)16/h6-7H,4-5H2,1-3H3. The number of ketones is 1. The zero-order chi connectivity index (χ0) is 13.3. The second kappa shape index (κ2) is 4.68. The van der Waals surface area contributed by atoms with Crippen molar-refractivity contribution in [3.63, 3.8) is 0 Å². The van der Waals surface area contributed by atoms with Crippen molar-refractivity contribution in [2.24, 2.45) is 0 Å². The van der Waals surface area contributed by atoms with Gasteiger partial charge in [-0.25, -0.2) is 0 Å². The van der Waals surface area contributed by atoms with E-state index in [4.69, 9.17) is 9.47 Å². The van der Waals surface area contributed by atoms with Crippen molar-refractivity contribution in [2.75, 3.05) is 27.8 Å². The smallest absolute Gasteiger partial charge is 0.294 e. The minimum atomic E-state index is -0.494. The van der Waals surface area contributed by atoms with Gasteiger partial charge in [0, 0.05) is 19.2 Å². The summed E-state index contributed by atoms with van der Waals surface area (Å²) in [6, 6.07) is 3.34. The first-order chi connectivity index (χ1) is 8.58. The lowest BCUT2D eigenvalue weighted by atomic mass is 10.0. The molecule has 0 saturated carbocycles. The second-order valence-electron chi connectivity index (χ2n) is 4.17. The highest BCUT2D eigenvalue weighted by Crippen LogP contribution is 2.32. The zero-order valence-corrected chi connectivity index (χ0v) is 10.6. The van der Waals surface area contributed by atoms with E-state index < -0.39 is 11.7 Å². The van der Waals surface area contributed by atoms with Crippen molar-refractivity contribution in [2.45, 2.75) is 6.42 Å². The van der Waals surface area contributed by atoms with Crippen LogP contribution in [0.4, 0.5) is 0 Å². The van der Waals surface area contributed by atoms with Gasteiger partial charge in [-0.3, -0.25) is 9.59 Å². The van der Waals surface area contributed by atoms with Crippen LogP contribution in [0.5, 0.6) is 11.5 Å². The van der Waals surface area contributed by atoms with Gasteiger partial charge in [-0.05, 0) is 24.1 Å². The fraction of sp³-hybridized carbons (Fsp3) is 0.385. The maximum Gasteiger partial charge on any atom is 0.294 e. The summed E-state index contributed by atoms with van der Waals surface area (Å²) < 4.78 is 10.3. The number of amides is 1. The molecule has 0 radical (unpaired) electrons. The van der Waals surface area contributed by atoms with Gasteiger partial charge in [0.2, 0.25) is 0 Å². The Morgan fingerprint density at radius 2 is 1.72 bits per heavy atom. The Labute approximate surface area is 105 Å². The van der Waals surface area contributed by atoms with Crippen LogP contribution in [0, 0.1) is 0 Å². The largest absolute Gasteiger partial charge is 0.493 e. The number of carbonyl (C=O) groups excluding carboxylic acids is 2. The third-order valence-electron chi connectivity index (χ3n) is 3.11. The average molecular weight is 249 g/mol. The van der Waals surface area contributed by atoms with E-state index in [1.54, 1.807) is 26.3 Å². The molecule has 0 spiro atoms. The van der Waals surface area contributed by atoms with E-state index in [9.17, 15) is 9.59 Å². The molecular weight excluding hydrogens is 234 g/mol. The lowest BCUT2D eigenvalue weighted by Gasteiger charge is -2.11. The minimum absolute atomic E-state index is 0.405. The third-order valence-corrected chi connectivity index (χ3v) is 3.11. The molecule has 5 nitrogen and oxygen atoms in total. The van der Waals surface area contributed by atoms with E-state index in [0.29, 0.717) is 30.0 Å². The number of hydrogen-bond donors (Lipinski definition) is 0. The van der Waals surface area contributed by atoms with Crippen molar-refractivity contribution < 1.29 is 19.1 Å². The molecule has 1 aliphatic rings. The average Bonchev–Trinajstić information content (AvgIpc) is 2.50. The van der Waals surface area contributed by atoms with Crippen LogP contribution in [0.25, 0.3) is 0 Å². The molecule has 0 aromatic heterocycles. The van der Waals surface area contributed by atoms with Gasteiger partial charge in [-0.2, -0.15) is 0 Å². The Morgan fingerprint density at radius 1 is 1.11 bits per heavy atom. The minimum Gasteiger partial charge on any atom is -0.493 e. The summed E-state index contributed by atoms with van der Waals surface area (Å²) in [5.74, 6) is 0.0509. The lowest BCUT2D eigenvalue weighted by molar-refractivity contribution is -0.125. The van der Waals surface area contributed by atoms with E-state index in [0.717, 1.165) is 5.56 Å². The van der Waals surface area contributed by atoms with Crippen LogP contribution in [-0.2, 0) is 11.2 Å². The van der Waals surface area contributed by atoms with Crippen LogP contribution in [0.1, 0.15) is 15.9 Å². The van der Waals surface area contributed by atoms with Crippen LogP contribution in [0.3, 0.4) is 0 Å². The summed E-state index contributed by atoms with van der Waals surface area (Å²) in [7, 11) is 4.67. The summed E-state index contributed by atoms with van der Waals surface area (Å²) in [5, 5.41) is 0. The second-order valence-corrected chi connectivity index (χ2v) is 4.17. The number of rotatable bonds is 2. The van der Waals surface area contributed by atoms with Crippen molar-refractivity contribution in [1.29, 1.82) is 0 Å². The first kappa shape index (κ1) is 12.4. The number of likely N-dealkylation sites (N-methyl/N-ethyl adjacent to an activating group) is 1. The van der Waals surface area contributed by atoms with Gasteiger partial charge in [-0.15, -0.1) is 0 Å². The Balaban J connectivity index is 2.56. The molecule has 0 unspecified atom stereocenters. The third kappa shape index (κ3) is 1.92. The lowest BCUT2D eigenvalue weighted by Crippen LogP contribution is -2.32. The summed E-state index contributed by atoms with van der Waals surface area (Å²) in [4.78, 5) is 25.2. The van der Waals surface area contributed by atoms with Crippen LogP contribution in [0.2, 0.25) is 0 Å². The Bertz CT molecular complexity index is 510. The van der Waals surface area contributed by atoms with Gasteiger partial charge in [-0.1, -0.05) is 0 Å². The number of methoxy groups -OCH3 is 2. The summed E-state index contributed by atoms with van der Waals surface area (Å²) in [6.07, 6.45) is 0.629. The van der Waals surface area contributed by atoms with Crippen molar-refractivity contribution in [3.8, 4) is 11.5 Å². The topological polar surface area (TPSA) is 55.8 Å². The number of benzene rings is 1. The van der Waals surface area contributed by atoms with Crippen LogP contribution < -0.4 is 9.47 Å². The summed E-state index contributed by atoms with van der Waals surface area (Å²) in [5.41, 5.74) is 1.22. The fourth-order valence-corrected chi connectivity index (χ4v) is 2.02. The van der Waals surface area contributed by atoms with E-state index >= 15 is 0 Å². The number of ether oxygens (including phenoxy) is 2. The maximum atomic E-state index is 12.0. The van der Waals surface area contributed by atoms with Gasteiger partial charge in [0.1, 0.15) is 0 Å². The number of carbonyl (C=O) groups is 2. The molecule has 0 saturated heterocycles. The molecule has 0 bridgehead atoms. The van der Waals surface area contributed by atoms with E-state index in [1.807, 2.05) is 0 Å². The fourth-order valence-electron chi connectivity index (χ4n) is 2.02. The SMILES string of the molecule is COc1cc2c(cc1OC)C(=O)C(=O)N(C)CC2. The molecular formula is C13H15NO4. The number of Topliss-reactive ketones (excluding diaryl/α,β-unsaturated/α-hetero) is 1. The van der Waals surface area contributed by atoms with Crippen molar-refractivity contribution in [3.05, 3.63) is 23.3 Å². The van der Waals surface area contributed by atoms with Crippen LogP contribution in [0.15, 0.2) is 12.1 Å². The molecule has 2 rings (SSSR count). The predicted octanol–water partition coefficient (Wildman–Crippen LogP) is 0.901. The molecule has 1 aromatic carbocycles. The molecule has 96 valence electrons. The molecule has 0 aliphatic carbocycles. The van der Waals surface area contributed by atoms with Crippen LogP contribution >= 0.6 is 0 Å². The van der Waals surface area contributed by atoms with E-state index in [1.165, 1.54) is 12.0 Å². The Kier molecular flexibility index (Phi) is 3.23. The molecule has 18 heavy (non-hydrogen) atoms. The first-order valence-corrected chi connectivity index (χ1v) is 5.63. The number of fused-ring (bicyclic) bond motifs is 1. The highest BCUT2D eigenvalue weighted by molar-refractivity contribution is 6.43. The van der Waals surface area contributed by atoms with Gasteiger partial charge < -0.3 is 14.4 Å². The Hall–Kier alpha value is -2.04. The molecule has 0 atom stereocenters. The highest BCUT2D eigenvalue weighted by atomic mass is 16.5. The monoisotopic (exact) mass is 249 g/mol. The summed E-state index contributed by atoms with van der Waals surface area (Å²) >= 11 is 0. The number of nitrogens with zero attached hydrogens (tertiary/aromatic N) is 1. The van der Waals surface area contributed by atoms with E-state index in [2.05, 4.69) is 0 Å². The van der Waals surface area contributed by atoms with Gasteiger partial charge in [0.25, 0.3) is 11.7 Å². The van der Waals surface area contributed by atoms with Gasteiger partial charge in [0.05, 0.1) is 14.2 Å². The molecule has 1 amide bonds. The molecule has 0 N–H and O–H groups in total. The summed E-state index contributed by atoms with van der Waals surface area (Å²) in [6.45, 7) is 0.521. The molecule has 0 fully saturated rings. The van der Waals surface area contributed by atoms with Gasteiger partial charge in [0.15, 0.2) is 11.5 Å². The van der Waals surface area contributed by atoms with Crippen molar-refractivity contribution >= 4 is 11.7 Å². The predicted molar refractivity (Wildman–Crippen MR) is 65.2 cm³/mol. The quantitative estimate of drug-likeness (QED) is 0.731. The first-order valence-electron chi connectivity index (χ1n) is 5.63. The van der Waals surface area contributed by atoms with E-state index in [-0.39, 0.29) is 0 Å². The highest BCUT2D eigenvalue weighted by Gasteiger charge is 2.28. The molecule has 1 aliphatic heterocycles. The molecule has 1 aromatic rings.